The number of carbonyl (C=O) groups excluding carboxylic acids is 2. The molecule has 0 aliphatic carbocycles. The van der Waals surface area contributed by atoms with Crippen LogP contribution in [0.2, 0.25) is 5.02 Å². The molecule has 0 spiro atoms. The highest BCUT2D eigenvalue weighted by molar-refractivity contribution is 6.30. The standard InChI is InChI=1S/C17H15ClN2O3/c1-10(21)19-13-3-2-4-14(9-13)20-17(22)16-8-11-7-12(18)5-6-15(11)23-16/h2-7,9,16H,8H2,1H3,(H,19,21)(H,20,22)/t16-/m1/s1. The van der Waals surface area contributed by atoms with E-state index in [1.807, 2.05) is 6.07 Å². The predicted molar refractivity (Wildman–Crippen MR) is 88.9 cm³/mol. The van der Waals surface area contributed by atoms with E-state index in [2.05, 4.69) is 10.6 Å². The van der Waals surface area contributed by atoms with Crippen LogP contribution in [0, 0.1) is 0 Å². The molecule has 0 radical (unpaired) electrons. The highest BCUT2D eigenvalue weighted by atomic mass is 35.5. The molecule has 2 aromatic rings. The van der Waals surface area contributed by atoms with Crippen LogP contribution in [0.1, 0.15) is 12.5 Å². The van der Waals surface area contributed by atoms with Gasteiger partial charge in [-0.05, 0) is 42.0 Å². The number of nitrogens with one attached hydrogen (secondary N) is 2. The molecule has 1 aliphatic heterocycles. The molecule has 0 saturated carbocycles. The first-order valence-electron chi connectivity index (χ1n) is 7.15. The van der Waals surface area contributed by atoms with Crippen molar-refractivity contribution in [2.75, 3.05) is 10.6 Å². The van der Waals surface area contributed by atoms with E-state index in [1.165, 1.54) is 6.92 Å². The second-order valence-electron chi connectivity index (χ2n) is 5.31. The highest BCUT2D eigenvalue weighted by Crippen LogP contribution is 2.31. The van der Waals surface area contributed by atoms with Crippen LogP contribution in [0.5, 0.6) is 5.75 Å². The summed E-state index contributed by atoms with van der Waals surface area (Å²) in [5, 5.41) is 6.09. The SMILES string of the molecule is CC(=O)Nc1cccc(NC(=O)[C@H]2Cc3cc(Cl)ccc3O2)c1. The number of halogens is 1. The van der Waals surface area contributed by atoms with Gasteiger partial charge in [-0.1, -0.05) is 17.7 Å². The van der Waals surface area contributed by atoms with Crippen molar-refractivity contribution in [3.8, 4) is 5.75 Å². The number of anilines is 2. The molecule has 0 bridgehead atoms. The quantitative estimate of drug-likeness (QED) is 0.907. The fraction of sp³-hybridized carbons (Fsp3) is 0.176. The van der Waals surface area contributed by atoms with Crippen LogP contribution in [0.3, 0.4) is 0 Å². The third kappa shape index (κ3) is 3.63. The number of carbonyl (C=O) groups is 2. The van der Waals surface area contributed by atoms with Crippen LogP contribution in [0.4, 0.5) is 11.4 Å². The Balaban J connectivity index is 1.68. The Morgan fingerprint density at radius 1 is 1.13 bits per heavy atom. The van der Waals surface area contributed by atoms with E-state index in [0.717, 1.165) is 5.56 Å². The maximum absolute atomic E-state index is 12.3. The third-order valence-electron chi connectivity index (χ3n) is 3.44. The van der Waals surface area contributed by atoms with Gasteiger partial charge >= 0.3 is 0 Å². The first-order chi connectivity index (χ1) is 11.0. The molecule has 6 heteroatoms. The summed E-state index contributed by atoms with van der Waals surface area (Å²) in [6, 6.07) is 12.3. The first kappa shape index (κ1) is 15.4. The van der Waals surface area contributed by atoms with Gasteiger partial charge in [0.15, 0.2) is 6.10 Å². The smallest absolute Gasteiger partial charge is 0.265 e. The van der Waals surface area contributed by atoms with Crippen molar-refractivity contribution >= 4 is 34.8 Å². The Hall–Kier alpha value is -2.53. The van der Waals surface area contributed by atoms with Gasteiger partial charge in [-0.25, -0.2) is 0 Å². The van der Waals surface area contributed by atoms with E-state index < -0.39 is 6.10 Å². The monoisotopic (exact) mass is 330 g/mol. The minimum absolute atomic E-state index is 0.167. The second-order valence-corrected chi connectivity index (χ2v) is 5.75. The van der Waals surface area contributed by atoms with Crippen molar-refractivity contribution in [2.45, 2.75) is 19.4 Å². The molecule has 3 rings (SSSR count). The fourth-order valence-corrected chi connectivity index (χ4v) is 2.66. The summed E-state index contributed by atoms with van der Waals surface area (Å²) in [6.07, 6.45) is -0.111. The van der Waals surface area contributed by atoms with Gasteiger partial charge in [0.2, 0.25) is 5.91 Å². The molecule has 118 valence electrons. The molecule has 1 atom stereocenters. The van der Waals surface area contributed by atoms with Crippen LogP contribution < -0.4 is 15.4 Å². The molecule has 2 amide bonds. The fourth-order valence-electron chi connectivity index (χ4n) is 2.46. The van der Waals surface area contributed by atoms with Crippen molar-refractivity contribution in [2.24, 2.45) is 0 Å². The molecule has 2 aromatic carbocycles. The van der Waals surface area contributed by atoms with Gasteiger partial charge in [-0.15, -0.1) is 0 Å². The number of hydrogen-bond donors (Lipinski definition) is 2. The van der Waals surface area contributed by atoms with Crippen LogP contribution in [-0.4, -0.2) is 17.9 Å². The van der Waals surface area contributed by atoms with Crippen LogP contribution in [-0.2, 0) is 16.0 Å². The highest BCUT2D eigenvalue weighted by Gasteiger charge is 2.29. The number of hydrogen-bond acceptors (Lipinski definition) is 3. The zero-order chi connectivity index (χ0) is 16.4. The van der Waals surface area contributed by atoms with Gasteiger partial charge < -0.3 is 15.4 Å². The molecule has 0 fully saturated rings. The van der Waals surface area contributed by atoms with Crippen LogP contribution in [0.25, 0.3) is 0 Å². The molecule has 0 unspecified atom stereocenters. The maximum Gasteiger partial charge on any atom is 0.265 e. The van der Waals surface area contributed by atoms with E-state index in [-0.39, 0.29) is 11.8 Å². The summed E-state index contributed by atoms with van der Waals surface area (Å²) in [6.45, 7) is 1.43. The minimum Gasteiger partial charge on any atom is -0.480 e. The summed E-state index contributed by atoms with van der Waals surface area (Å²) in [5.74, 6) is 0.277. The molecule has 5 nitrogen and oxygen atoms in total. The van der Waals surface area contributed by atoms with E-state index >= 15 is 0 Å². The molecular formula is C17H15ClN2O3. The Morgan fingerprint density at radius 3 is 2.61 bits per heavy atom. The third-order valence-corrected chi connectivity index (χ3v) is 3.68. The van der Waals surface area contributed by atoms with E-state index in [1.54, 1.807) is 36.4 Å². The summed E-state index contributed by atoms with van der Waals surface area (Å²) < 4.78 is 5.65. The first-order valence-corrected chi connectivity index (χ1v) is 7.52. The lowest BCUT2D eigenvalue weighted by Crippen LogP contribution is -2.31. The average molecular weight is 331 g/mol. The van der Waals surface area contributed by atoms with Crippen molar-refractivity contribution in [1.82, 2.24) is 0 Å². The van der Waals surface area contributed by atoms with Crippen molar-refractivity contribution < 1.29 is 14.3 Å². The molecule has 1 aliphatic rings. The molecule has 1 heterocycles. The van der Waals surface area contributed by atoms with Gasteiger partial charge in [-0.2, -0.15) is 0 Å². The maximum atomic E-state index is 12.3. The average Bonchev–Trinajstić information content (AvgIpc) is 2.90. The number of rotatable bonds is 3. The van der Waals surface area contributed by atoms with E-state index in [0.29, 0.717) is 28.6 Å². The van der Waals surface area contributed by atoms with Crippen molar-refractivity contribution in [1.29, 1.82) is 0 Å². The van der Waals surface area contributed by atoms with Gasteiger partial charge in [0.25, 0.3) is 5.91 Å². The van der Waals surface area contributed by atoms with Gasteiger partial charge in [0.05, 0.1) is 0 Å². The van der Waals surface area contributed by atoms with Crippen LogP contribution in [0.15, 0.2) is 42.5 Å². The molecule has 2 N–H and O–H groups in total. The second kappa shape index (κ2) is 6.30. The Bertz CT molecular complexity index is 776. The summed E-state index contributed by atoms with van der Waals surface area (Å²) in [5.41, 5.74) is 2.14. The normalized spacial score (nSPS) is 15.5. The minimum atomic E-state index is -0.590. The Morgan fingerprint density at radius 2 is 1.87 bits per heavy atom. The summed E-state index contributed by atoms with van der Waals surface area (Å²) in [7, 11) is 0. The summed E-state index contributed by atoms with van der Waals surface area (Å²) >= 11 is 5.95. The molecule has 0 saturated heterocycles. The lowest BCUT2D eigenvalue weighted by Gasteiger charge is -2.12. The van der Waals surface area contributed by atoms with Crippen LogP contribution >= 0.6 is 11.6 Å². The number of benzene rings is 2. The molecule has 0 aromatic heterocycles. The zero-order valence-electron chi connectivity index (χ0n) is 12.4. The topological polar surface area (TPSA) is 67.4 Å². The van der Waals surface area contributed by atoms with Gasteiger partial charge in [0, 0.05) is 29.7 Å². The lowest BCUT2D eigenvalue weighted by atomic mass is 10.1. The lowest BCUT2D eigenvalue weighted by molar-refractivity contribution is -0.122. The predicted octanol–water partition coefficient (Wildman–Crippen LogP) is 3.24. The zero-order valence-corrected chi connectivity index (χ0v) is 13.2. The van der Waals surface area contributed by atoms with Crippen molar-refractivity contribution in [3.05, 3.63) is 53.1 Å². The number of ether oxygens (including phenoxy) is 1. The van der Waals surface area contributed by atoms with E-state index in [4.69, 9.17) is 16.3 Å². The molecule has 23 heavy (non-hydrogen) atoms. The van der Waals surface area contributed by atoms with Gasteiger partial charge in [0.1, 0.15) is 5.75 Å². The number of fused-ring (bicyclic) bond motifs is 1. The number of amides is 2. The Labute approximate surface area is 138 Å². The molecular weight excluding hydrogens is 316 g/mol. The van der Waals surface area contributed by atoms with E-state index in [9.17, 15) is 9.59 Å². The summed E-state index contributed by atoms with van der Waals surface area (Å²) in [4.78, 5) is 23.4. The van der Waals surface area contributed by atoms with Gasteiger partial charge in [-0.3, -0.25) is 9.59 Å². The van der Waals surface area contributed by atoms with Crippen molar-refractivity contribution in [3.63, 3.8) is 0 Å². The largest absolute Gasteiger partial charge is 0.480 e. The Kier molecular flexibility index (Phi) is 4.21.